The molecule has 21 heavy (non-hydrogen) atoms. The van der Waals surface area contributed by atoms with Crippen molar-refractivity contribution in [2.75, 3.05) is 0 Å². The van der Waals surface area contributed by atoms with E-state index in [9.17, 15) is 4.79 Å². The monoisotopic (exact) mass is 280 g/mol. The van der Waals surface area contributed by atoms with E-state index in [0.29, 0.717) is 5.69 Å². The van der Waals surface area contributed by atoms with Crippen molar-refractivity contribution in [1.82, 2.24) is 10.3 Å². The molecule has 3 rings (SSSR count). The molecule has 1 amide bonds. The number of fused-ring (bicyclic) bond motifs is 1. The first-order valence-electron chi connectivity index (χ1n) is 6.85. The molecular weight excluding hydrogens is 264 g/mol. The fourth-order valence-corrected chi connectivity index (χ4v) is 2.34. The van der Waals surface area contributed by atoms with Gasteiger partial charge in [-0.05, 0) is 36.2 Å². The number of rotatable bonds is 3. The molecule has 0 aliphatic carbocycles. The molecule has 0 aliphatic heterocycles. The van der Waals surface area contributed by atoms with Crippen molar-refractivity contribution < 1.29 is 9.21 Å². The molecule has 1 unspecified atom stereocenters. The van der Waals surface area contributed by atoms with Gasteiger partial charge in [0.1, 0.15) is 0 Å². The Morgan fingerprint density at radius 2 is 1.95 bits per heavy atom. The van der Waals surface area contributed by atoms with Crippen LogP contribution in [0.3, 0.4) is 0 Å². The first kappa shape index (κ1) is 13.4. The Morgan fingerprint density at radius 1 is 1.19 bits per heavy atom. The van der Waals surface area contributed by atoms with Gasteiger partial charge in [0, 0.05) is 0 Å². The van der Waals surface area contributed by atoms with E-state index in [2.05, 4.69) is 34.6 Å². The lowest BCUT2D eigenvalue weighted by Gasteiger charge is -2.14. The minimum atomic E-state index is -0.245. The second-order valence-corrected chi connectivity index (χ2v) is 5.07. The third-order valence-corrected chi connectivity index (χ3v) is 3.57. The van der Waals surface area contributed by atoms with Crippen LogP contribution in [0, 0.1) is 6.92 Å². The highest BCUT2D eigenvalue weighted by Crippen LogP contribution is 2.20. The fourth-order valence-electron chi connectivity index (χ4n) is 2.34. The van der Waals surface area contributed by atoms with Crippen molar-refractivity contribution in [2.24, 2.45) is 0 Å². The number of aromatic nitrogens is 1. The maximum Gasteiger partial charge on any atom is 0.289 e. The summed E-state index contributed by atoms with van der Waals surface area (Å²) >= 11 is 0. The number of benzene rings is 2. The molecule has 2 aromatic carbocycles. The van der Waals surface area contributed by atoms with Gasteiger partial charge in [-0.2, -0.15) is 0 Å². The molecule has 4 heteroatoms. The minimum Gasteiger partial charge on any atom is -0.438 e. The van der Waals surface area contributed by atoms with Crippen molar-refractivity contribution in [1.29, 1.82) is 0 Å². The zero-order valence-electron chi connectivity index (χ0n) is 12.0. The predicted octanol–water partition coefficient (Wildman–Crippen LogP) is 3.63. The number of hydrogen-bond donors (Lipinski definition) is 1. The summed E-state index contributed by atoms with van der Waals surface area (Å²) in [5.41, 5.74) is 1.65. The third kappa shape index (κ3) is 2.65. The molecule has 1 heterocycles. The van der Waals surface area contributed by atoms with E-state index in [4.69, 9.17) is 4.42 Å². The first-order chi connectivity index (χ1) is 10.1. The maximum atomic E-state index is 12.1. The highest BCUT2D eigenvalue weighted by molar-refractivity contribution is 5.92. The zero-order chi connectivity index (χ0) is 14.8. The number of carbonyl (C=O) groups is 1. The molecule has 1 atom stereocenters. The van der Waals surface area contributed by atoms with Crippen LogP contribution < -0.4 is 5.32 Å². The summed E-state index contributed by atoms with van der Waals surface area (Å²) in [6.07, 6.45) is 1.28. The van der Waals surface area contributed by atoms with Crippen LogP contribution in [-0.2, 0) is 0 Å². The highest BCUT2D eigenvalue weighted by Gasteiger charge is 2.17. The zero-order valence-corrected chi connectivity index (χ0v) is 12.0. The van der Waals surface area contributed by atoms with E-state index in [0.717, 1.165) is 10.9 Å². The van der Waals surface area contributed by atoms with Gasteiger partial charge in [-0.3, -0.25) is 4.79 Å². The number of nitrogens with zero attached hydrogens (tertiary/aromatic N) is 1. The van der Waals surface area contributed by atoms with Crippen molar-refractivity contribution in [3.63, 3.8) is 0 Å². The summed E-state index contributed by atoms with van der Waals surface area (Å²) < 4.78 is 5.11. The van der Waals surface area contributed by atoms with Crippen LogP contribution in [-0.4, -0.2) is 10.9 Å². The normalized spacial score (nSPS) is 12.3. The molecule has 1 aromatic heterocycles. The molecule has 3 aromatic rings. The second kappa shape index (κ2) is 5.40. The van der Waals surface area contributed by atoms with Crippen molar-refractivity contribution in [2.45, 2.75) is 19.9 Å². The summed E-state index contributed by atoms with van der Waals surface area (Å²) in [6.45, 7) is 3.70. The molecule has 0 aliphatic rings. The average molecular weight is 280 g/mol. The molecule has 0 bridgehead atoms. The standard InChI is InChI=1S/C17H16N2O2/c1-11(19-17(20)16-12(2)18-10-21-16)14-8-7-13-5-3-4-6-15(13)9-14/h3-11H,1-2H3,(H,19,20). The number of amides is 1. The summed E-state index contributed by atoms with van der Waals surface area (Å²) in [6, 6.07) is 14.2. The van der Waals surface area contributed by atoms with E-state index >= 15 is 0 Å². The van der Waals surface area contributed by atoms with E-state index < -0.39 is 0 Å². The number of carbonyl (C=O) groups excluding carboxylic acids is 1. The molecule has 0 saturated heterocycles. The lowest BCUT2D eigenvalue weighted by Crippen LogP contribution is -2.26. The molecule has 0 saturated carbocycles. The van der Waals surface area contributed by atoms with Crippen LogP contribution in [0.15, 0.2) is 53.3 Å². The summed E-state index contributed by atoms with van der Waals surface area (Å²) in [5, 5.41) is 5.28. The van der Waals surface area contributed by atoms with Crippen LogP contribution >= 0.6 is 0 Å². The number of oxazole rings is 1. The molecule has 106 valence electrons. The molecule has 4 nitrogen and oxygen atoms in total. The van der Waals surface area contributed by atoms with E-state index in [1.165, 1.54) is 11.8 Å². The van der Waals surface area contributed by atoms with Gasteiger partial charge in [-0.25, -0.2) is 4.98 Å². The molecular formula is C17H16N2O2. The smallest absolute Gasteiger partial charge is 0.289 e. The first-order valence-corrected chi connectivity index (χ1v) is 6.85. The van der Waals surface area contributed by atoms with Crippen LogP contribution in [0.1, 0.15) is 34.8 Å². The SMILES string of the molecule is Cc1ncoc1C(=O)NC(C)c1ccc2ccccc2c1. The van der Waals surface area contributed by atoms with Gasteiger partial charge in [0.25, 0.3) is 5.91 Å². The third-order valence-electron chi connectivity index (χ3n) is 3.57. The van der Waals surface area contributed by atoms with Crippen molar-refractivity contribution >= 4 is 16.7 Å². The van der Waals surface area contributed by atoms with Gasteiger partial charge in [-0.15, -0.1) is 0 Å². The Hall–Kier alpha value is -2.62. The second-order valence-electron chi connectivity index (χ2n) is 5.07. The topological polar surface area (TPSA) is 55.1 Å². The van der Waals surface area contributed by atoms with Gasteiger partial charge in [0.05, 0.1) is 11.7 Å². The molecule has 0 spiro atoms. The Balaban J connectivity index is 1.82. The minimum absolute atomic E-state index is 0.105. The Bertz CT molecular complexity index is 792. The number of nitrogens with one attached hydrogen (secondary N) is 1. The van der Waals surface area contributed by atoms with Gasteiger partial charge in [0.2, 0.25) is 5.76 Å². The Kier molecular flexibility index (Phi) is 3.44. The molecule has 0 fully saturated rings. The lowest BCUT2D eigenvalue weighted by atomic mass is 10.0. The number of aryl methyl sites for hydroxylation is 1. The summed E-state index contributed by atoms with van der Waals surface area (Å²) in [5.74, 6) is 0.0216. The van der Waals surface area contributed by atoms with Crippen molar-refractivity contribution in [3.05, 3.63) is 65.9 Å². The van der Waals surface area contributed by atoms with Gasteiger partial charge < -0.3 is 9.73 Å². The van der Waals surface area contributed by atoms with Crippen molar-refractivity contribution in [3.8, 4) is 0 Å². The van der Waals surface area contributed by atoms with E-state index in [1.807, 2.05) is 25.1 Å². The van der Waals surface area contributed by atoms with E-state index in [1.54, 1.807) is 6.92 Å². The largest absolute Gasteiger partial charge is 0.438 e. The van der Waals surface area contributed by atoms with Gasteiger partial charge in [0.15, 0.2) is 6.39 Å². The van der Waals surface area contributed by atoms with E-state index in [-0.39, 0.29) is 17.7 Å². The van der Waals surface area contributed by atoms with Crippen LogP contribution in [0.5, 0.6) is 0 Å². The lowest BCUT2D eigenvalue weighted by molar-refractivity contribution is 0.0911. The fraction of sp³-hybridized carbons (Fsp3) is 0.176. The Labute approximate surface area is 122 Å². The highest BCUT2D eigenvalue weighted by atomic mass is 16.3. The maximum absolute atomic E-state index is 12.1. The van der Waals surface area contributed by atoms with Crippen LogP contribution in [0.25, 0.3) is 10.8 Å². The van der Waals surface area contributed by atoms with Gasteiger partial charge >= 0.3 is 0 Å². The predicted molar refractivity (Wildman–Crippen MR) is 81.1 cm³/mol. The average Bonchev–Trinajstić information content (AvgIpc) is 2.93. The van der Waals surface area contributed by atoms with Gasteiger partial charge in [-0.1, -0.05) is 36.4 Å². The van der Waals surface area contributed by atoms with Crippen LogP contribution in [0.4, 0.5) is 0 Å². The summed E-state index contributed by atoms with van der Waals surface area (Å²) in [7, 11) is 0. The van der Waals surface area contributed by atoms with Crippen LogP contribution in [0.2, 0.25) is 0 Å². The Morgan fingerprint density at radius 3 is 2.67 bits per heavy atom. The quantitative estimate of drug-likeness (QED) is 0.797. The molecule has 0 radical (unpaired) electrons. The molecule has 1 N–H and O–H groups in total. The summed E-state index contributed by atoms with van der Waals surface area (Å²) in [4.78, 5) is 16.1. The number of hydrogen-bond acceptors (Lipinski definition) is 3.